The van der Waals surface area contributed by atoms with Crippen LogP contribution in [0.2, 0.25) is 0 Å². The van der Waals surface area contributed by atoms with Crippen LogP contribution in [0.1, 0.15) is 66.2 Å². The molecular weight excluding hydrogens is 264 g/mol. The summed E-state index contributed by atoms with van der Waals surface area (Å²) >= 11 is 0. The fourth-order valence-corrected chi connectivity index (χ4v) is 4.98. The summed E-state index contributed by atoms with van der Waals surface area (Å²) in [5.41, 5.74) is 0.814. The van der Waals surface area contributed by atoms with Gasteiger partial charge in [-0.2, -0.15) is 0 Å². The maximum absolute atomic E-state index is 11.6. The van der Waals surface area contributed by atoms with Crippen molar-refractivity contribution in [2.24, 2.45) is 22.7 Å². The highest BCUT2D eigenvalue weighted by Gasteiger charge is 2.53. The van der Waals surface area contributed by atoms with E-state index in [1.807, 2.05) is 6.08 Å². The van der Waals surface area contributed by atoms with Gasteiger partial charge in [-0.1, -0.05) is 33.3 Å². The molecule has 1 fully saturated rings. The Kier molecular flexibility index (Phi) is 4.32. The van der Waals surface area contributed by atoms with Crippen molar-refractivity contribution < 1.29 is 14.7 Å². The summed E-state index contributed by atoms with van der Waals surface area (Å²) in [6.07, 6.45) is 7.41. The van der Waals surface area contributed by atoms with Crippen LogP contribution in [-0.4, -0.2) is 16.9 Å². The Hall–Kier alpha value is -1.12. The largest absolute Gasteiger partial charge is 0.478 e. The number of ketones is 1. The Morgan fingerprint density at radius 3 is 2.52 bits per heavy atom. The molecule has 2 rings (SSSR count). The van der Waals surface area contributed by atoms with Crippen LogP contribution in [0, 0.1) is 22.7 Å². The molecule has 118 valence electrons. The van der Waals surface area contributed by atoms with Crippen LogP contribution < -0.4 is 0 Å². The van der Waals surface area contributed by atoms with Crippen LogP contribution in [0.15, 0.2) is 11.6 Å². The van der Waals surface area contributed by atoms with Gasteiger partial charge in [-0.05, 0) is 55.3 Å². The Labute approximate surface area is 127 Å². The normalized spacial score (nSPS) is 34.8. The molecule has 0 bridgehead atoms. The SMILES string of the molecule is CC(=O)CC[C@H]1C(C(=O)O)=CC[C@H]2C(C)(C)CCC[C@@]12C. The average molecular weight is 292 g/mol. The van der Waals surface area contributed by atoms with Gasteiger partial charge in [0, 0.05) is 12.0 Å². The lowest BCUT2D eigenvalue weighted by Crippen LogP contribution is -2.49. The first-order valence-corrected chi connectivity index (χ1v) is 8.11. The first kappa shape index (κ1) is 16.3. The van der Waals surface area contributed by atoms with Gasteiger partial charge in [0.05, 0.1) is 0 Å². The van der Waals surface area contributed by atoms with Crippen LogP contribution in [0.5, 0.6) is 0 Å². The summed E-state index contributed by atoms with van der Waals surface area (Å²) in [6, 6.07) is 0. The molecule has 0 aromatic carbocycles. The molecule has 2 aliphatic rings. The molecule has 2 aliphatic carbocycles. The van der Waals surface area contributed by atoms with E-state index in [2.05, 4.69) is 20.8 Å². The fraction of sp³-hybridized carbons (Fsp3) is 0.778. The third-order valence-electron chi connectivity index (χ3n) is 6.05. The third-order valence-corrected chi connectivity index (χ3v) is 6.05. The Balaban J connectivity index is 2.38. The van der Waals surface area contributed by atoms with E-state index in [9.17, 15) is 14.7 Å². The van der Waals surface area contributed by atoms with Gasteiger partial charge >= 0.3 is 5.97 Å². The Morgan fingerprint density at radius 1 is 1.29 bits per heavy atom. The van der Waals surface area contributed by atoms with Crippen LogP contribution in [0.4, 0.5) is 0 Å². The molecule has 3 atom stereocenters. The van der Waals surface area contributed by atoms with Crippen LogP contribution >= 0.6 is 0 Å². The second-order valence-corrected chi connectivity index (χ2v) is 7.89. The lowest BCUT2D eigenvalue weighted by Gasteiger charge is -2.56. The van der Waals surface area contributed by atoms with E-state index in [1.54, 1.807) is 6.92 Å². The van der Waals surface area contributed by atoms with Gasteiger partial charge in [0.15, 0.2) is 0 Å². The second-order valence-electron chi connectivity index (χ2n) is 7.89. The van der Waals surface area contributed by atoms with Crippen molar-refractivity contribution in [1.29, 1.82) is 0 Å². The van der Waals surface area contributed by atoms with Crippen molar-refractivity contribution in [3.8, 4) is 0 Å². The fourth-order valence-electron chi connectivity index (χ4n) is 4.98. The van der Waals surface area contributed by atoms with Crippen molar-refractivity contribution in [3.05, 3.63) is 11.6 Å². The number of aliphatic carboxylic acids is 1. The van der Waals surface area contributed by atoms with Gasteiger partial charge in [-0.15, -0.1) is 0 Å². The number of carboxylic acids is 1. The van der Waals surface area contributed by atoms with Crippen molar-refractivity contribution in [1.82, 2.24) is 0 Å². The topological polar surface area (TPSA) is 54.4 Å². The van der Waals surface area contributed by atoms with Gasteiger partial charge in [-0.3, -0.25) is 0 Å². The van der Waals surface area contributed by atoms with Crippen molar-refractivity contribution >= 4 is 11.8 Å². The average Bonchev–Trinajstić information content (AvgIpc) is 2.34. The van der Waals surface area contributed by atoms with Crippen molar-refractivity contribution in [2.75, 3.05) is 0 Å². The molecule has 0 saturated heterocycles. The first-order valence-electron chi connectivity index (χ1n) is 8.11. The maximum atomic E-state index is 11.6. The van der Waals surface area contributed by atoms with Crippen molar-refractivity contribution in [3.63, 3.8) is 0 Å². The number of hydrogen-bond donors (Lipinski definition) is 1. The van der Waals surface area contributed by atoms with Crippen LogP contribution in [0.25, 0.3) is 0 Å². The molecule has 0 aromatic heterocycles. The minimum Gasteiger partial charge on any atom is -0.478 e. The quantitative estimate of drug-likeness (QED) is 0.844. The number of carbonyl (C=O) groups is 2. The molecule has 1 saturated carbocycles. The van der Waals surface area contributed by atoms with E-state index >= 15 is 0 Å². The molecule has 0 aromatic rings. The summed E-state index contributed by atoms with van der Waals surface area (Å²) in [5, 5.41) is 9.56. The van der Waals surface area contributed by atoms with E-state index in [0.717, 1.165) is 19.3 Å². The number of fused-ring (bicyclic) bond motifs is 1. The molecule has 0 aliphatic heterocycles. The molecule has 1 N–H and O–H groups in total. The Morgan fingerprint density at radius 2 is 1.95 bits per heavy atom. The number of Topliss-reactive ketones (excluding diaryl/α,β-unsaturated/α-hetero) is 1. The van der Waals surface area contributed by atoms with E-state index in [4.69, 9.17) is 0 Å². The minimum absolute atomic E-state index is 0.0113. The third kappa shape index (κ3) is 2.93. The zero-order valence-electron chi connectivity index (χ0n) is 13.7. The van der Waals surface area contributed by atoms with Crippen LogP contribution in [0.3, 0.4) is 0 Å². The zero-order valence-corrected chi connectivity index (χ0v) is 13.7. The molecule has 0 radical (unpaired) electrons. The molecule has 0 heterocycles. The smallest absolute Gasteiger partial charge is 0.331 e. The number of allylic oxidation sites excluding steroid dienone is 1. The highest BCUT2D eigenvalue weighted by Crippen LogP contribution is 2.60. The molecule has 21 heavy (non-hydrogen) atoms. The first-order chi connectivity index (χ1) is 9.68. The van der Waals surface area contributed by atoms with Gasteiger partial charge < -0.3 is 9.90 Å². The summed E-state index contributed by atoms with van der Waals surface area (Å²) in [5.74, 6) is -0.122. The number of hydrogen-bond acceptors (Lipinski definition) is 2. The van der Waals surface area contributed by atoms with Gasteiger partial charge in [0.1, 0.15) is 5.78 Å². The minimum atomic E-state index is -0.799. The lowest BCUT2D eigenvalue weighted by atomic mass is 9.48. The van der Waals surface area contributed by atoms with E-state index < -0.39 is 5.97 Å². The lowest BCUT2D eigenvalue weighted by molar-refractivity contribution is -0.136. The summed E-state index contributed by atoms with van der Waals surface area (Å²) < 4.78 is 0. The van der Waals surface area contributed by atoms with Crippen molar-refractivity contribution in [2.45, 2.75) is 66.2 Å². The molecular formula is C18H28O3. The second kappa shape index (κ2) is 5.58. The number of rotatable bonds is 4. The molecule has 0 spiro atoms. The summed E-state index contributed by atoms with van der Waals surface area (Å²) in [6.45, 7) is 8.49. The van der Waals surface area contributed by atoms with Gasteiger partial charge in [-0.25, -0.2) is 4.79 Å². The maximum Gasteiger partial charge on any atom is 0.331 e. The predicted octanol–water partition coefficient (Wildman–Crippen LogP) is 4.22. The molecule has 0 amide bonds. The van der Waals surface area contributed by atoms with Gasteiger partial charge in [0.25, 0.3) is 0 Å². The summed E-state index contributed by atoms with van der Waals surface area (Å²) in [7, 11) is 0. The monoisotopic (exact) mass is 292 g/mol. The molecule has 3 nitrogen and oxygen atoms in total. The van der Waals surface area contributed by atoms with E-state index in [1.165, 1.54) is 6.42 Å². The standard InChI is InChI=1S/C18H28O3/c1-12(19)6-8-14-13(16(20)21)7-9-15-17(2,3)10-5-11-18(14,15)4/h7,14-15H,5-6,8-11H2,1-4H3,(H,20,21)/t14-,15-,18-/m0/s1. The van der Waals surface area contributed by atoms with E-state index in [0.29, 0.717) is 24.3 Å². The molecule has 0 unspecified atom stereocenters. The van der Waals surface area contributed by atoms with Crippen LogP contribution in [-0.2, 0) is 9.59 Å². The highest BCUT2D eigenvalue weighted by molar-refractivity contribution is 5.87. The predicted molar refractivity (Wildman–Crippen MR) is 83.0 cm³/mol. The van der Waals surface area contributed by atoms with Gasteiger partial charge in [0.2, 0.25) is 0 Å². The summed E-state index contributed by atoms with van der Waals surface area (Å²) in [4.78, 5) is 23.0. The Bertz CT molecular complexity index is 475. The van der Waals surface area contributed by atoms with E-state index in [-0.39, 0.29) is 22.5 Å². The number of carbonyl (C=O) groups excluding carboxylic acids is 1. The molecule has 3 heteroatoms. The zero-order chi connectivity index (χ0) is 15.8. The highest BCUT2D eigenvalue weighted by atomic mass is 16.4. The number of carboxylic acid groups (broad SMARTS) is 1.